The summed E-state index contributed by atoms with van der Waals surface area (Å²) in [5.41, 5.74) is 0. The Morgan fingerprint density at radius 2 is 2.32 bits per heavy atom. The number of aryl methyl sites for hydroxylation is 1. The van der Waals surface area contributed by atoms with Crippen molar-refractivity contribution in [2.24, 2.45) is 0 Å². The van der Waals surface area contributed by atoms with Crippen LogP contribution in [0.25, 0.3) is 10.8 Å². The molecular formula is C12H17ClN4OS. The summed E-state index contributed by atoms with van der Waals surface area (Å²) in [6.07, 6.45) is 0. The molecule has 0 aliphatic carbocycles. The molecule has 7 heteroatoms. The van der Waals surface area contributed by atoms with Crippen LogP contribution in [0.1, 0.15) is 16.7 Å². The highest BCUT2D eigenvalue weighted by atomic mass is 35.5. The standard InChI is InChI=1S/C12H16N4OS.ClH/c1-8-3-4-10(18-8)12-14-11(15-17-12)9-7-13-5-6-16(9)2;/h3-4,9,13H,5-7H2,1-2H3;1H. The second kappa shape index (κ2) is 6.00. The number of nitrogens with one attached hydrogen (secondary N) is 1. The van der Waals surface area contributed by atoms with E-state index in [1.807, 2.05) is 6.07 Å². The molecule has 2 aromatic heterocycles. The maximum Gasteiger partial charge on any atom is 0.268 e. The van der Waals surface area contributed by atoms with Gasteiger partial charge in [0.15, 0.2) is 5.82 Å². The molecule has 1 atom stereocenters. The Balaban J connectivity index is 0.00000133. The minimum Gasteiger partial charge on any atom is -0.333 e. The summed E-state index contributed by atoms with van der Waals surface area (Å²) in [5.74, 6) is 1.40. The number of hydrogen-bond acceptors (Lipinski definition) is 6. The first kappa shape index (κ1) is 14.5. The maximum absolute atomic E-state index is 5.36. The summed E-state index contributed by atoms with van der Waals surface area (Å²) >= 11 is 1.68. The topological polar surface area (TPSA) is 54.2 Å². The number of aromatic nitrogens is 2. The van der Waals surface area contributed by atoms with Crippen molar-refractivity contribution in [1.29, 1.82) is 0 Å². The van der Waals surface area contributed by atoms with E-state index in [4.69, 9.17) is 4.52 Å². The fourth-order valence-electron chi connectivity index (χ4n) is 2.11. The van der Waals surface area contributed by atoms with Crippen molar-refractivity contribution in [3.63, 3.8) is 0 Å². The molecule has 3 rings (SSSR count). The van der Waals surface area contributed by atoms with Gasteiger partial charge in [0, 0.05) is 24.5 Å². The lowest BCUT2D eigenvalue weighted by Crippen LogP contribution is -2.44. The zero-order valence-electron chi connectivity index (χ0n) is 10.9. The average Bonchev–Trinajstić information content (AvgIpc) is 2.98. The lowest BCUT2D eigenvalue weighted by molar-refractivity contribution is 0.190. The second-order valence-electron chi connectivity index (χ2n) is 4.57. The van der Waals surface area contributed by atoms with Gasteiger partial charge in [-0.1, -0.05) is 5.16 Å². The lowest BCUT2D eigenvalue weighted by Gasteiger charge is -2.30. The van der Waals surface area contributed by atoms with Crippen molar-refractivity contribution >= 4 is 23.7 Å². The van der Waals surface area contributed by atoms with E-state index in [2.05, 4.69) is 40.4 Å². The van der Waals surface area contributed by atoms with Gasteiger partial charge in [0.25, 0.3) is 5.89 Å². The molecule has 19 heavy (non-hydrogen) atoms. The van der Waals surface area contributed by atoms with Gasteiger partial charge < -0.3 is 9.84 Å². The molecule has 0 radical (unpaired) electrons. The summed E-state index contributed by atoms with van der Waals surface area (Å²) in [4.78, 5) is 9.06. The summed E-state index contributed by atoms with van der Waals surface area (Å²) in [6, 6.07) is 4.30. The Bertz CT molecular complexity index is 541. The van der Waals surface area contributed by atoms with Gasteiger partial charge in [0.05, 0.1) is 10.9 Å². The molecule has 1 aliphatic rings. The Kier molecular flexibility index (Phi) is 4.57. The number of rotatable bonds is 2. The van der Waals surface area contributed by atoms with Crippen LogP contribution < -0.4 is 5.32 Å². The van der Waals surface area contributed by atoms with Crippen molar-refractivity contribution in [2.75, 3.05) is 26.7 Å². The van der Waals surface area contributed by atoms with Crippen LogP contribution in [0.2, 0.25) is 0 Å². The fourth-order valence-corrected chi connectivity index (χ4v) is 2.90. The lowest BCUT2D eigenvalue weighted by atomic mass is 10.2. The molecule has 0 saturated carbocycles. The predicted molar refractivity (Wildman–Crippen MR) is 77.8 cm³/mol. The molecule has 0 spiro atoms. The number of piperazine rings is 1. The van der Waals surface area contributed by atoms with E-state index >= 15 is 0 Å². The van der Waals surface area contributed by atoms with Crippen LogP contribution in [0.4, 0.5) is 0 Å². The van der Waals surface area contributed by atoms with Crippen molar-refractivity contribution < 1.29 is 4.52 Å². The number of likely N-dealkylation sites (N-methyl/N-ethyl adjacent to an activating group) is 1. The van der Waals surface area contributed by atoms with Gasteiger partial charge in [-0.25, -0.2) is 0 Å². The number of nitrogens with zero attached hydrogens (tertiary/aromatic N) is 3. The third-order valence-electron chi connectivity index (χ3n) is 3.20. The minimum absolute atomic E-state index is 0. The van der Waals surface area contributed by atoms with Gasteiger partial charge in [0.1, 0.15) is 0 Å². The van der Waals surface area contributed by atoms with E-state index in [0.717, 1.165) is 30.3 Å². The average molecular weight is 301 g/mol. The molecule has 3 heterocycles. The van der Waals surface area contributed by atoms with Gasteiger partial charge in [-0.3, -0.25) is 4.90 Å². The zero-order chi connectivity index (χ0) is 12.5. The number of halogens is 1. The summed E-state index contributed by atoms with van der Waals surface area (Å²) < 4.78 is 5.36. The van der Waals surface area contributed by atoms with E-state index in [0.29, 0.717) is 5.89 Å². The highest BCUT2D eigenvalue weighted by Crippen LogP contribution is 2.28. The second-order valence-corrected chi connectivity index (χ2v) is 5.86. The SMILES string of the molecule is Cc1ccc(-c2nc(C3CNCCN3C)no2)s1.Cl. The Morgan fingerprint density at radius 3 is 3.00 bits per heavy atom. The summed E-state index contributed by atoms with van der Waals surface area (Å²) in [5, 5.41) is 7.47. The predicted octanol–water partition coefficient (Wildman–Crippen LogP) is 2.10. The van der Waals surface area contributed by atoms with Crippen LogP contribution in [0.3, 0.4) is 0 Å². The molecular weight excluding hydrogens is 284 g/mol. The normalized spacial score (nSPS) is 20.2. The van der Waals surface area contributed by atoms with E-state index in [9.17, 15) is 0 Å². The van der Waals surface area contributed by atoms with Crippen LogP contribution in [0.5, 0.6) is 0 Å². The third kappa shape index (κ3) is 2.97. The molecule has 104 valence electrons. The highest BCUT2D eigenvalue weighted by molar-refractivity contribution is 7.15. The van der Waals surface area contributed by atoms with Crippen LogP contribution in [-0.2, 0) is 0 Å². The summed E-state index contributed by atoms with van der Waals surface area (Å²) in [7, 11) is 2.09. The Labute approximate surface area is 122 Å². The maximum atomic E-state index is 5.36. The summed E-state index contributed by atoms with van der Waals surface area (Å²) in [6.45, 7) is 4.97. The van der Waals surface area contributed by atoms with Crippen molar-refractivity contribution in [2.45, 2.75) is 13.0 Å². The fraction of sp³-hybridized carbons (Fsp3) is 0.500. The van der Waals surface area contributed by atoms with Crippen molar-refractivity contribution in [1.82, 2.24) is 20.4 Å². The van der Waals surface area contributed by atoms with Gasteiger partial charge in [-0.05, 0) is 26.1 Å². The van der Waals surface area contributed by atoms with Crippen molar-refractivity contribution in [3.05, 3.63) is 22.8 Å². The molecule has 1 saturated heterocycles. The van der Waals surface area contributed by atoms with Crippen LogP contribution in [0, 0.1) is 6.92 Å². The minimum atomic E-state index is 0. The first-order valence-electron chi connectivity index (χ1n) is 6.05. The first-order chi connectivity index (χ1) is 8.74. The van der Waals surface area contributed by atoms with E-state index < -0.39 is 0 Å². The zero-order valence-corrected chi connectivity index (χ0v) is 12.6. The molecule has 1 unspecified atom stereocenters. The van der Waals surface area contributed by atoms with Crippen molar-refractivity contribution in [3.8, 4) is 10.8 Å². The van der Waals surface area contributed by atoms with Crippen LogP contribution in [-0.4, -0.2) is 41.7 Å². The molecule has 1 N–H and O–H groups in total. The smallest absolute Gasteiger partial charge is 0.268 e. The molecule has 5 nitrogen and oxygen atoms in total. The first-order valence-corrected chi connectivity index (χ1v) is 6.87. The van der Waals surface area contributed by atoms with E-state index in [-0.39, 0.29) is 18.4 Å². The van der Waals surface area contributed by atoms with Gasteiger partial charge in [0.2, 0.25) is 0 Å². The molecule has 0 bridgehead atoms. The Hall–Kier alpha value is -0.950. The van der Waals surface area contributed by atoms with Crippen LogP contribution in [0.15, 0.2) is 16.7 Å². The van der Waals surface area contributed by atoms with Gasteiger partial charge >= 0.3 is 0 Å². The number of hydrogen-bond donors (Lipinski definition) is 1. The van der Waals surface area contributed by atoms with Gasteiger partial charge in [-0.15, -0.1) is 23.7 Å². The quantitative estimate of drug-likeness (QED) is 0.920. The monoisotopic (exact) mass is 300 g/mol. The molecule has 2 aromatic rings. The third-order valence-corrected chi connectivity index (χ3v) is 4.19. The highest BCUT2D eigenvalue weighted by Gasteiger charge is 2.25. The molecule has 0 aromatic carbocycles. The van der Waals surface area contributed by atoms with E-state index in [1.54, 1.807) is 11.3 Å². The molecule has 1 aliphatic heterocycles. The largest absolute Gasteiger partial charge is 0.333 e. The molecule has 1 fully saturated rings. The number of thiophene rings is 1. The van der Waals surface area contributed by atoms with E-state index in [1.165, 1.54) is 4.88 Å². The molecule has 0 amide bonds. The Morgan fingerprint density at radius 1 is 1.47 bits per heavy atom. The van der Waals surface area contributed by atoms with Gasteiger partial charge in [-0.2, -0.15) is 4.98 Å². The van der Waals surface area contributed by atoms with Crippen LogP contribution >= 0.6 is 23.7 Å².